The normalized spacial score (nSPS) is 11.9. The van der Waals surface area contributed by atoms with Crippen molar-refractivity contribution in [2.24, 2.45) is 0 Å². The highest BCUT2D eigenvalue weighted by atomic mass is 35.5. The Labute approximate surface area is 169 Å². The number of aromatic hydroxyl groups is 1. The largest absolute Gasteiger partial charge is 0.504 e. The van der Waals surface area contributed by atoms with E-state index in [2.05, 4.69) is 9.97 Å². The van der Waals surface area contributed by atoms with Crippen LogP contribution >= 0.6 is 11.6 Å². The van der Waals surface area contributed by atoms with Crippen molar-refractivity contribution in [3.8, 4) is 17.0 Å². The van der Waals surface area contributed by atoms with Crippen LogP contribution in [0.25, 0.3) is 22.2 Å². The highest BCUT2D eigenvalue weighted by Crippen LogP contribution is 2.36. The predicted molar refractivity (Wildman–Crippen MR) is 103 cm³/mol. The zero-order valence-electron chi connectivity index (χ0n) is 14.8. The van der Waals surface area contributed by atoms with E-state index in [4.69, 9.17) is 11.6 Å². The molecule has 6 nitrogen and oxygen atoms in total. The molecule has 1 N–H and O–H groups in total. The van der Waals surface area contributed by atoms with Crippen molar-refractivity contribution in [3.05, 3.63) is 71.3 Å². The number of rotatable bonds is 3. The molecule has 0 radical (unpaired) electrons. The van der Waals surface area contributed by atoms with Gasteiger partial charge in [0, 0.05) is 34.4 Å². The third kappa shape index (κ3) is 3.22. The Hall–Kier alpha value is -3.04. The zero-order valence-corrected chi connectivity index (χ0v) is 16.3. The lowest BCUT2D eigenvalue weighted by Gasteiger charge is -2.13. The molecule has 0 bridgehead atoms. The molecule has 0 aliphatic carbocycles. The van der Waals surface area contributed by atoms with Crippen LogP contribution in [0, 0.1) is 18.6 Å². The van der Waals surface area contributed by atoms with Crippen LogP contribution in [0.15, 0.2) is 53.7 Å². The summed E-state index contributed by atoms with van der Waals surface area (Å²) in [4.78, 5) is 7.23. The predicted octanol–water partition coefficient (Wildman–Crippen LogP) is 4.28. The lowest BCUT2D eigenvalue weighted by molar-refractivity contribution is 0.411. The smallest absolute Gasteiger partial charge is 0.272 e. The number of hydrogen-bond donors (Lipinski definition) is 1. The summed E-state index contributed by atoms with van der Waals surface area (Å²) >= 11 is 6.02. The Morgan fingerprint density at radius 1 is 1.07 bits per heavy atom. The van der Waals surface area contributed by atoms with Crippen molar-refractivity contribution in [1.82, 2.24) is 13.9 Å². The van der Waals surface area contributed by atoms with Crippen molar-refractivity contribution in [2.75, 3.05) is 0 Å². The lowest BCUT2D eigenvalue weighted by atomic mass is 10.2. The number of fused-ring (bicyclic) bond motifs is 1. The SMILES string of the molecule is Cc1ncc(-c2cc3cc(Cl)ccc3n2S(=O)(=O)c2cc(F)cc(F)c2O)cn1. The number of phenolic OH excluding ortho intramolecular Hbond substituents is 1. The monoisotopic (exact) mass is 435 g/mol. The number of nitrogens with zero attached hydrogens (tertiary/aromatic N) is 3. The Bertz CT molecular complexity index is 1370. The average molecular weight is 436 g/mol. The highest BCUT2D eigenvalue weighted by Gasteiger charge is 2.29. The van der Waals surface area contributed by atoms with Gasteiger partial charge in [-0.1, -0.05) is 11.6 Å². The van der Waals surface area contributed by atoms with Crippen LogP contribution in [0.5, 0.6) is 5.75 Å². The second-order valence-electron chi connectivity index (χ2n) is 6.26. The lowest BCUT2D eigenvalue weighted by Crippen LogP contribution is -2.15. The molecule has 2 aromatic carbocycles. The third-order valence-corrected chi connectivity index (χ3v) is 6.28. The molecule has 4 rings (SSSR count). The summed E-state index contributed by atoms with van der Waals surface area (Å²) in [6.45, 7) is 1.67. The average Bonchev–Trinajstić information content (AvgIpc) is 3.04. The molecule has 0 fully saturated rings. The van der Waals surface area contributed by atoms with E-state index in [9.17, 15) is 22.3 Å². The molecule has 0 saturated carbocycles. The van der Waals surface area contributed by atoms with Crippen LogP contribution in [-0.2, 0) is 10.0 Å². The second kappa shape index (κ2) is 6.78. The topological polar surface area (TPSA) is 85.1 Å². The fourth-order valence-corrected chi connectivity index (χ4v) is 4.81. The van der Waals surface area contributed by atoms with Crippen molar-refractivity contribution < 1.29 is 22.3 Å². The molecule has 0 spiro atoms. The molecule has 0 unspecified atom stereocenters. The van der Waals surface area contributed by atoms with Gasteiger partial charge in [0.05, 0.1) is 11.2 Å². The van der Waals surface area contributed by atoms with Crippen LogP contribution in [0.4, 0.5) is 8.78 Å². The van der Waals surface area contributed by atoms with Gasteiger partial charge in [0.2, 0.25) is 0 Å². The summed E-state index contributed by atoms with van der Waals surface area (Å²) in [6.07, 6.45) is 2.85. The third-order valence-electron chi connectivity index (χ3n) is 4.31. The maximum absolute atomic E-state index is 13.8. The molecule has 0 aliphatic rings. The molecular weight excluding hydrogens is 424 g/mol. The number of benzene rings is 2. The molecule has 2 aromatic heterocycles. The standard InChI is InChI=1S/C19H12ClF2N3O3S/c1-10-23-8-12(9-24-10)17-5-11-4-13(20)2-3-16(11)25(17)29(27,28)18-7-14(21)6-15(22)19(18)26/h2-9,26H,1H3. The molecule has 0 amide bonds. The fraction of sp³-hybridized carbons (Fsp3) is 0.0526. The number of hydrogen-bond acceptors (Lipinski definition) is 5. The summed E-state index contributed by atoms with van der Waals surface area (Å²) in [6, 6.07) is 6.99. The Balaban J connectivity index is 2.09. The first-order chi connectivity index (χ1) is 13.7. The van der Waals surface area contributed by atoms with Gasteiger partial charge in [0.15, 0.2) is 11.6 Å². The van der Waals surface area contributed by atoms with Gasteiger partial charge >= 0.3 is 0 Å². The first-order valence-corrected chi connectivity index (χ1v) is 10.0. The quantitative estimate of drug-likeness (QED) is 0.519. The van der Waals surface area contributed by atoms with E-state index < -0.39 is 32.3 Å². The number of aryl methyl sites for hydroxylation is 1. The van der Waals surface area contributed by atoms with E-state index in [0.29, 0.717) is 33.9 Å². The molecule has 0 saturated heterocycles. The van der Waals surface area contributed by atoms with Crippen LogP contribution in [0.3, 0.4) is 0 Å². The molecule has 2 heterocycles. The molecule has 10 heteroatoms. The van der Waals surface area contributed by atoms with E-state index >= 15 is 0 Å². The van der Waals surface area contributed by atoms with Gasteiger partial charge < -0.3 is 5.11 Å². The summed E-state index contributed by atoms with van der Waals surface area (Å²) in [5.41, 5.74) is 0.697. The van der Waals surface area contributed by atoms with Gasteiger partial charge in [-0.25, -0.2) is 31.1 Å². The van der Waals surface area contributed by atoms with Gasteiger partial charge in [0.1, 0.15) is 16.5 Å². The van der Waals surface area contributed by atoms with Crippen LogP contribution in [0.2, 0.25) is 5.02 Å². The molecule has 0 atom stereocenters. The minimum absolute atomic E-state index is 0.145. The summed E-state index contributed by atoms with van der Waals surface area (Å²) < 4.78 is 55.2. The van der Waals surface area contributed by atoms with Gasteiger partial charge in [-0.05, 0) is 37.3 Å². The van der Waals surface area contributed by atoms with E-state index in [1.54, 1.807) is 19.1 Å². The molecule has 0 aliphatic heterocycles. The maximum Gasteiger partial charge on any atom is 0.272 e. The van der Waals surface area contributed by atoms with Gasteiger partial charge in [-0.3, -0.25) is 0 Å². The van der Waals surface area contributed by atoms with E-state index in [-0.39, 0.29) is 11.2 Å². The van der Waals surface area contributed by atoms with E-state index in [1.165, 1.54) is 24.5 Å². The number of aromatic nitrogens is 3. The van der Waals surface area contributed by atoms with Crippen molar-refractivity contribution in [1.29, 1.82) is 0 Å². The number of phenols is 1. The molecule has 4 aromatic rings. The number of halogens is 3. The Morgan fingerprint density at radius 3 is 2.45 bits per heavy atom. The zero-order chi connectivity index (χ0) is 20.9. The van der Waals surface area contributed by atoms with Crippen LogP contribution in [0.1, 0.15) is 5.82 Å². The minimum Gasteiger partial charge on any atom is -0.504 e. The first kappa shape index (κ1) is 19.3. The van der Waals surface area contributed by atoms with Crippen molar-refractivity contribution >= 4 is 32.5 Å². The molecule has 29 heavy (non-hydrogen) atoms. The van der Waals surface area contributed by atoms with Crippen LogP contribution < -0.4 is 0 Å². The molecular formula is C19H12ClF2N3O3S. The summed E-state index contributed by atoms with van der Waals surface area (Å²) in [5, 5.41) is 10.8. The van der Waals surface area contributed by atoms with Crippen LogP contribution in [-0.4, -0.2) is 27.5 Å². The van der Waals surface area contributed by atoms with Gasteiger partial charge in [-0.15, -0.1) is 0 Å². The Kier molecular flexibility index (Phi) is 4.51. The van der Waals surface area contributed by atoms with E-state index in [0.717, 1.165) is 3.97 Å². The van der Waals surface area contributed by atoms with Gasteiger partial charge in [0.25, 0.3) is 10.0 Å². The minimum atomic E-state index is -4.61. The highest BCUT2D eigenvalue weighted by molar-refractivity contribution is 7.90. The maximum atomic E-state index is 13.8. The van der Waals surface area contributed by atoms with Crippen molar-refractivity contribution in [2.45, 2.75) is 11.8 Å². The van der Waals surface area contributed by atoms with E-state index in [1.807, 2.05) is 0 Å². The Morgan fingerprint density at radius 2 is 1.76 bits per heavy atom. The summed E-state index contributed by atoms with van der Waals surface area (Å²) in [5.74, 6) is -3.22. The first-order valence-electron chi connectivity index (χ1n) is 8.22. The van der Waals surface area contributed by atoms with Gasteiger partial charge in [-0.2, -0.15) is 0 Å². The fourth-order valence-electron chi connectivity index (χ4n) is 2.98. The second-order valence-corrected chi connectivity index (χ2v) is 8.45. The summed E-state index contributed by atoms with van der Waals surface area (Å²) in [7, 11) is -4.61. The molecule has 148 valence electrons. The van der Waals surface area contributed by atoms with Crippen molar-refractivity contribution in [3.63, 3.8) is 0 Å².